The topological polar surface area (TPSA) is 66.8 Å². The van der Waals surface area contributed by atoms with E-state index in [0.29, 0.717) is 12.8 Å². The Morgan fingerprint density at radius 2 is 1.65 bits per heavy atom. The van der Waals surface area contributed by atoms with E-state index in [2.05, 4.69) is 0 Å². The number of para-hydroxylation sites is 1. The molecule has 142 valence electrons. The van der Waals surface area contributed by atoms with Crippen molar-refractivity contribution in [1.82, 2.24) is 4.90 Å². The maximum Gasteiger partial charge on any atom is 0.229 e. The summed E-state index contributed by atoms with van der Waals surface area (Å²) >= 11 is 0. The largest absolute Gasteiger partial charge is 0.490 e. The fraction of sp³-hybridized carbons (Fsp3) is 0.619. The van der Waals surface area contributed by atoms with Crippen molar-refractivity contribution < 1.29 is 19.4 Å². The first-order valence-electron chi connectivity index (χ1n) is 9.60. The molecule has 3 rings (SSSR count). The quantitative estimate of drug-likeness (QED) is 0.820. The summed E-state index contributed by atoms with van der Waals surface area (Å²) in [5.41, 5.74) is 1.88. The molecule has 1 aromatic rings. The zero-order chi connectivity index (χ0) is 18.7. The average molecular weight is 359 g/mol. The average Bonchev–Trinajstić information content (AvgIpc) is 2.58. The van der Waals surface area contributed by atoms with Gasteiger partial charge in [0.05, 0.1) is 6.54 Å². The van der Waals surface area contributed by atoms with Gasteiger partial charge in [0.2, 0.25) is 11.8 Å². The second-order valence-corrected chi connectivity index (χ2v) is 8.00. The van der Waals surface area contributed by atoms with Gasteiger partial charge >= 0.3 is 0 Å². The minimum Gasteiger partial charge on any atom is -0.490 e. The monoisotopic (exact) mass is 359 g/mol. The Kier molecular flexibility index (Phi) is 5.66. The molecule has 1 aromatic carbocycles. The van der Waals surface area contributed by atoms with Crippen LogP contribution in [0, 0.1) is 19.3 Å². The SMILES string of the molecule is Cc1cccc(C)c1OC[C@@H](O)CN1C(=O)CC2(CCCCC2)CC1=O. The highest BCUT2D eigenvalue weighted by molar-refractivity contribution is 5.98. The molecule has 26 heavy (non-hydrogen) atoms. The summed E-state index contributed by atoms with van der Waals surface area (Å²) in [6.45, 7) is 3.98. The van der Waals surface area contributed by atoms with Crippen LogP contribution in [-0.2, 0) is 9.59 Å². The van der Waals surface area contributed by atoms with Crippen molar-refractivity contribution in [2.24, 2.45) is 5.41 Å². The van der Waals surface area contributed by atoms with E-state index in [0.717, 1.165) is 42.6 Å². The van der Waals surface area contributed by atoms with Crippen LogP contribution >= 0.6 is 0 Å². The molecule has 2 aliphatic rings. The molecule has 1 atom stereocenters. The molecule has 1 spiro atoms. The van der Waals surface area contributed by atoms with Crippen molar-refractivity contribution in [3.8, 4) is 5.75 Å². The fourth-order valence-electron chi connectivity index (χ4n) is 4.36. The summed E-state index contributed by atoms with van der Waals surface area (Å²) in [6.07, 6.45) is 5.32. The van der Waals surface area contributed by atoms with Crippen molar-refractivity contribution in [2.45, 2.75) is 64.9 Å². The lowest BCUT2D eigenvalue weighted by atomic mass is 9.67. The maximum absolute atomic E-state index is 12.5. The Labute approximate surface area is 155 Å². The maximum atomic E-state index is 12.5. The summed E-state index contributed by atoms with van der Waals surface area (Å²) < 4.78 is 5.75. The zero-order valence-corrected chi connectivity index (χ0v) is 15.8. The van der Waals surface area contributed by atoms with Crippen molar-refractivity contribution in [1.29, 1.82) is 0 Å². The van der Waals surface area contributed by atoms with Gasteiger partial charge in [0.25, 0.3) is 0 Å². The minimum atomic E-state index is -0.887. The Morgan fingerprint density at radius 3 is 2.23 bits per heavy atom. The van der Waals surface area contributed by atoms with E-state index in [4.69, 9.17) is 4.74 Å². The predicted molar refractivity (Wildman–Crippen MR) is 98.9 cm³/mol. The molecule has 2 amide bonds. The van der Waals surface area contributed by atoms with Crippen molar-refractivity contribution >= 4 is 11.8 Å². The number of carbonyl (C=O) groups is 2. The van der Waals surface area contributed by atoms with Gasteiger partial charge in [0, 0.05) is 12.8 Å². The third kappa shape index (κ3) is 4.09. The first-order valence-corrected chi connectivity index (χ1v) is 9.60. The number of aliphatic hydroxyl groups excluding tert-OH is 1. The molecule has 1 saturated carbocycles. The Balaban J connectivity index is 1.56. The number of aryl methyl sites for hydroxylation is 2. The van der Waals surface area contributed by atoms with Gasteiger partial charge in [-0.3, -0.25) is 14.5 Å². The molecule has 1 aliphatic heterocycles. The number of imide groups is 1. The van der Waals surface area contributed by atoms with Crippen LogP contribution in [0.25, 0.3) is 0 Å². The molecule has 2 fully saturated rings. The number of nitrogens with zero attached hydrogens (tertiary/aromatic N) is 1. The molecule has 0 bridgehead atoms. The van der Waals surface area contributed by atoms with Crippen molar-refractivity contribution in [2.75, 3.05) is 13.2 Å². The lowest BCUT2D eigenvalue weighted by molar-refractivity contribution is -0.156. The second kappa shape index (κ2) is 7.78. The molecule has 1 saturated heterocycles. The van der Waals surface area contributed by atoms with Gasteiger partial charge in [-0.15, -0.1) is 0 Å². The van der Waals surface area contributed by atoms with E-state index in [1.54, 1.807) is 0 Å². The third-order valence-electron chi connectivity index (χ3n) is 5.79. The van der Waals surface area contributed by atoms with Gasteiger partial charge in [0.1, 0.15) is 18.5 Å². The van der Waals surface area contributed by atoms with Crippen LogP contribution in [0.3, 0.4) is 0 Å². The van der Waals surface area contributed by atoms with Gasteiger partial charge in [-0.1, -0.05) is 37.5 Å². The number of amides is 2. The van der Waals surface area contributed by atoms with Gasteiger partial charge < -0.3 is 9.84 Å². The molecule has 0 aromatic heterocycles. The third-order valence-corrected chi connectivity index (χ3v) is 5.79. The number of piperidine rings is 1. The molecule has 5 nitrogen and oxygen atoms in total. The Bertz CT molecular complexity index is 638. The van der Waals surface area contributed by atoms with E-state index >= 15 is 0 Å². The van der Waals surface area contributed by atoms with Crippen LogP contribution in [0.15, 0.2) is 18.2 Å². The summed E-state index contributed by atoms with van der Waals surface area (Å²) in [4.78, 5) is 26.3. The van der Waals surface area contributed by atoms with Gasteiger partial charge in [-0.2, -0.15) is 0 Å². The van der Waals surface area contributed by atoms with Crippen LogP contribution in [0.5, 0.6) is 5.75 Å². The molecule has 5 heteroatoms. The van der Waals surface area contributed by atoms with Crippen LogP contribution < -0.4 is 4.74 Å². The standard InChI is InChI=1S/C21H29NO4/c1-15-7-6-8-16(2)20(15)26-14-17(23)13-22-18(24)11-21(12-19(22)25)9-4-3-5-10-21/h6-8,17,23H,3-5,9-14H2,1-2H3/t17-/m0/s1. The lowest BCUT2D eigenvalue weighted by Crippen LogP contribution is -2.51. The molecular formula is C21H29NO4. The first kappa shape index (κ1) is 18.9. The van der Waals surface area contributed by atoms with Crippen LogP contribution in [0.4, 0.5) is 0 Å². The number of ether oxygens (including phenoxy) is 1. The summed E-state index contributed by atoms with van der Waals surface area (Å²) in [5.74, 6) is 0.465. The number of β-amino-alcohol motifs (C(OH)–C–C–N with tert-alkyl or cyclic N) is 1. The predicted octanol–water partition coefficient (Wildman–Crippen LogP) is 3.14. The van der Waals surface area contributed by atoms with Crippen molar-refractivity contribution in [3.05, 3.63) is 29.3 Å². The Hall–Kier alpha value is -1.88. The van der Waals surface area contributed by atoms with Crippen LogP contribution in [0.2, 0.25) is 0 Å². The Morgan fingerprint density at radius 1 is 1.08 bits per heavy atom. The van der Waals surface area contributed by atoms with Gasteiger partial charge in [0.15, 0.2) is 0 Å². The zero-order valence-electron chi connectivity index (χ0n) is 15.8. The number of hydrogen-bond donors (Lipinski definition) is 1. The smallest absolute Gasteiger partial charge is 0.229 e. The number of aliphatic hydroxyl groups is 1. The second-order valence-electron chi connectivity index (χ2n) is 8.00. The fourth-order valence-corrected chi connectivity index (χ4v) is 4.36. The van der Waals surface area contributed by atoms with E-state index in [1.165, 1.54) is 11.3 Å². The molecule has 0 unspecified atom stereocenters. The van der Waals surface area contributed by atoms with Gasteiger partial charge in [-0.25, -0.2) is 0 Å². The first-order chi connectivity index (χ1) is 12.4. The van der Waals surface area contributed by atoms with E-state index < -0.39 is 6.10 Å². The lowest BCUT2D eigenvalue weighted by Gasteiger charge is -2.42. The number of rotatable bonds is 5. The molecule has 1 aliphatic carbocycles. The number of likely N-dealkylation sites (tertiary alicyclic amines) is 1. The summed E-state index contributed by atoms with van der Waals surface area (Å²) in [5, 5.41) is 10.3. The highest BCUT2D eigenvalue weighted by Gasteiger charge is 2.44. The van der Waals surface area contributed by atoms with E-state index in [-0.39, 0.29) is 30.4 Å². The number of carbonyl (C=O) groups excluding carboxylic acids is 2. The molecule has 1 heterocycles. The van der Waals surface area contributed by atoms with Crippen LogP contribution in [0.1, 0.15) is 56.1 Å². The van der Waals surface area contributed by atoms with Crippen LogP contribution in [-0.4, -0.2) is 41.1 Å². The summed E-state index contributed by atoms with van der Waals surface area (Å²) in [6, 6.07) is 5.87. The minimum absolute atomic E-state index is 0.0126. The number of hydrogen-bond acceptors (Lipinski definition) is 4. The normalized spacial score (nSPS) is 21.1. The van der Waals surface area contributed by atoms with E-state index in [9.17, 15) is 14.7 Å². The van der Waals surface area contributed by atoms with Gasteiger partial charge in [-0.05, 0) is 43.2 Å². The molecular weight excluding hydrogens is 330 g/mol. The summed E-state index contributed by atoms with van der Waals surface area (Å²) in [7, 11) is 0. The van der Waals surface area contributed by atoms with Crippen molar-refractivity contribution in [3.63, 3.8) is 0 Å². The molecule has 0 radical (unpaired) electrons. The highest BCUT2D eigenvalue weighted by Crippen LogP contribution is 2.45. The molecule has 1 N–H and O–H groups in total. The number of benzene rings is 1. The van der Waals surface area contributed by atoms with E-state index in [1.807, 2.05) is 32.0 Å². The highest BCUT2D eigenvalue weighted by atomic mass is 16.5.